The molecule has 2 atom stereocenters. The molecule has 0 spiro atoms. The summed E-state index contributed by atoms with van der Waals surface area (Å²) in [4.78, 5) is 23.8. The molecule has 1 aromatic rings. The van der Waals surface area contributed by atoms with Crippen LogP contribution < -0.4 is 0 Å². The van der Waals surface area contributed by atoms with E-state index in [0.717, 1.165) is 24.8 Å². The van der Waals surface area contributed by atoms with Crippen molar-refractivity contribution in [3.63, 3.8) is 0 Å². The van der Waals surface area contributed by atoms with Crippen LogP contribution in [-0.4, -0.2) is 19.9 Å². The van der Waals surface area contributed by atoms with Gasteiger partial charge in [0, 0.05) is 17.9 Å². The van der Waals surface area contributed by atoms with Gasteiger partial charge in [-0.3, -0.25) is 9.59 Å². The third-order valence-corrected chi connectivity index (χ3v) is 5.05. The Kier molecular flexibility index (Phi) is 5.35. The molecule has 4 heteroatoms. The molecule has 2 rings (SSSR count). The highest BCUT2D eigenvalue weighted by Crippen LogP contribution is 2.37. The second kappa shape index (κ2) is 6.88. The zero-order valence-corrected chi connectivity index (χ0v) is 15.0. The Hall–Kier alpha value is -1.26. The van der Waals surface area contributed by atoms with E-state index in [2.05, 4.69) is 19.6 Å². The lowest BCUT2D eigenvalue weighted by molar-refractivity contribution is -0.128. The molecule has 1 saturated carbocycles. The molecule has 22 heavy (non-hydrogen) atoms. The first-order valence-corrected chi connectivity index (χ1v) is 11.5. The average Bonchev–Trinajstić information content (AvgIpc) is 2.45. The van der Waals surface area contributed by atoms with Crippen molar-refractivity contribution in [3.05, 3.63) is 35.4 Å². The average molecular weight is 318 g/mol. The largest absolute Gasteiger partial charge is 0.410 e. The minimum atomic E-state index is -1.77. The molecular formula is C18H26O3Si. The molecule has 2 unspecified atom stereocenters. The van der Waals surface area contributed by atoms with E-state index < -0.39 is 8.32 Å². The van der Waals surface area contributed by atoms with Gasteiger partial charge >= 0.3 is 0 Å². The van der Waals surface area contributed by atoms with E-state index in [-0.39, 0.29) is 17.8 Å². The summed E-state index contributed by atoms with van der Waals surface area (Å²) in [5.41, 5.74) is 1.72. The maximum absolute atomic E-state index is 12.4. The van der Waals surface area contributed by atoms with Crippen LogP contribution in [0.2, 0.25) is 19.6 Å². The second-order valence-electron chi connectivity index (χ2n) is 7.15. The number of carbonyl (C=O) groups excluding carboxylic acids is 2. The molecule has 0 bridgehead atoms. The van der Waals surface area contributed by atoms with Gasteiger partial charge < -0.3 is 4.43 Å². The standard InChI is InChI=1S/C18H26O3Si/c1-13(19)14-9-11-15(12-10-14)18(21-22(2,3)4)16-7-5-6-8-17(16)20/h9-12,16,18H,5-8H2,1-4H3. The summed E-state index contributed by atoms with van der Waals surface area (Å²) >= 11 is 0. The Balaban J connectivity index is 2.30. The summed E-state index contributed by atoms with van der Waals surface area (Å²) in [5.74, 6) is 0.344. The van der Waals surface area contributed by atoms with Gasteiger partial charge in [-0.05, 0) is 45.0 Å². The maximum Gasteiger partial charge on any atom is 0.184 e. The maximum atomic E-state index is 12.4. The van der Waals surface area contributed by atoms with E-state index in [1.165, 1.54) is 0 Å². The van der Waals surface area contributed by atoms with Gasteiger partial charge in [0.1, 0.15) is 5.78 Å². The van der Waals surface area contributed by atoms with E-state index in [1.807, 2.05) is 24.3 Å². The molecule has 1 aromatic carbocycles. The van der Waals surface area contributed by atoms with Gasteiger partial charge in [-0.1, -0.05) is 30.7 Å². The molecule has 0 saturated heterocycles. The van der Waals surface area contributed by atoms with Crippen molar-refractivity contribution >= 4 is 19.9 Å². The quantitative estimate of drug-likeness (QED) is 0.591. The predicted molar refractivity (Wildman–Crippen MR) is 90.6 cm³/mol. The van der Waals surface area contributed by atoms with Crippen molar-refractivity contribution in [2.24, 2.45) is 5.92 Å². The highest BCUT2D eigenvalue weighted by atomic mass is 28.4. The van der Waals surface area contributed by atoms with Crippen LogP contribution in [0.4, 0.5) is 0 Å². The first-order chi connectivity index (χ1) is 10.3. The molecule has 3 nitrogen and oxygen atoms in total. The molecule has 0 aromatic heterocycles. The van der Waals surface area contributed by atoms with E-state index in [9.17, 15) is 9.59 Å². The molecule has 0 heterocycles. The van der Waals surface area contributed by atoms with Crippen LogP contribution >= 0.6 is 0 Å². The van der Waals surface area contributed by atoms with Crippen LogP contribution in [0.1, 0.15) is 54.6 Å². The Labute approximate surface area is 134 Å². The molecule has 0 radical (unpaired) electrons. The van der Waals surface area contributed by atoms with Crippen molar-refractivity contribution in [2.75, 3.05) is 0 Å². The fourth-order valence-corrected chi connectivity index (χ4v) is 4.06. The first-order valence-electron chi connectivity index (χ1n) is 8.09. The van der Waals surface area contributed by atoms with Crippen molar-refractivity contribution in [1.29, 1.82) is 0 Å². The summed E-state index contributed by atoms with van der Waals surface area (Å²) in [6, 6.07) is 7.57. The number of benzene rings is 1. The van der Waals surface area contributed by atoms with Crippen LogP contribution in [0.25, 0.3) is 0 Å². The van der Waals surface area contributed by atoms with Gasteiger partial charge in [-0.25, -0.2) is 0 Å². The number of ketones is 2. The smallest absolute Gasteiger partial charge is 0.184 e. The summed E-state index contributed by atoms with van der Waals surface area (Å²) in [6.07, 6.45) is 3.50. The third kappa shape index (κ3) is 4.37. The zero-order valence-electron chi connectivity index (χ0n) is 14.0. The minimum absolute atomic E-state index is 0.0383. The summed E-state index contributed by atoms with van der Waals surface area (Å²) in [7, 11) is -1.77. The summed E-state index contributed by atoms with van der Waals surface area (Å²) < 4.78 is 6.37. The lowest BCUT2D eigenvalue weighted by atomic mass is 9.81. The van der Waals surface area contributed by atoms with E-state index in [4.69, 9.17) is 4.43 Å². The molecule has 0 amide bonds. The molecule has 1 aliphatic rings. The van der Waals surface area contributed by atoms with Crippen LogP contribution in [0, 0.1) is 5.92 Å². The van der Waals surface area contributed by atoms with Crippen LogP contribution in [-0.2, 0) is 9.22 Å². The van der Waals surface area contributed by atoms with E-state index in [1.54, 1.807) is 6.92 Å². The van der Waals surface area contributed by atoms with Gasteiger partial charge in [0.25, 0.3) is 0 Å². The fourth-order valence-electron chi connectivity index (χ4n) is 3.00. The minimum Gasteiger partial charge on any atom is -0.410 e. The molecule has 1 aliphatic carbocycles. The van der Waals surface area contributed by atoms with Crippen LogP contribution in [0.5, 0.6) is 0 Å². The number of hydrogen-bond acceptors (Lipinski definition) is 3. The Morgan fingerprint density at radius 2 is 1.82 bits per heavy atom. The van der Waals surface area contributed by atoms with Crippen molar-refractivity contribution in [3.8, 4) is 0 Å². The highest BCUT2D eigenvalue weighted by molar-refractivity contribution is 6.69. The number of rotatable bonds is 5. The normalized spacial score (nSPS) is 20.7. The monoisotopic (exact) mass is 318 g/mol. The zero-order chi connectivity index (χ0) is 16.3. The van der Waals surface area contributed by atoms with Gasteiger partial charge in [-0.2, -0.15) is 0 Å². The molecule has 1 fully saturated rings. The third-order valence-electron chi connectivity index (χ3n) is 4.09. The van der Waals surface area contributed by atoms with Gasteiger partial charge in [0.2, 0.25) is 0 Å². The number of Topliss-reactive ketones (excluding diaryl/α,β-unsaturated/α-hetero) is 2. The van der Waals surface area contributed by atoms with Crippen molar-refractivity contribution in [1.82, 2.24) is 0 Å². The molecule has 0 aliphatic heterocycles. The lowest BCUT2D eigenvalue weighted by Crippen LogP contribution is -2.35. The fraction of sp³-hybridized carbons (Fsp3) is 0.556. The molecule has 0 N–H and O–H groups in total. The van der Waals surface area contributed by atoms with Gasteiger partial charge in [0.05, 0.1) is 6.10 Å². The van der Waals surface area contributed by atoms with E-state index in [0.29, 0.717) is 17.8 Å². The van der Waals surface area contributed by atoms with Crippen LogP contribution in [0.3, 0.4) is 0 Å². The highest BCUT2D eigenvalue weighted by Gasteiger charge is 2.34. The van der Waals surface area contributed by atoms with Gasteiger partial charge in [0.15, 0.2) is 14.1 Å². The predicted octanol–water partition coefficient (Wildman–Crippen LogP) is 4.54. The first kappa shape index (κ1) is 17.1. The van der Waals surface area contributed by atoms with Gasteiger partial charge in [-0.15, -0.1) is 0 Å². The van der Waals surface area contributed by atoms with E-state index >= 15 is 0 Å². The van der Waals surface area contributed by atoms with Crippen LogP contribution in [0.15, 0.2) is 24.3 Å². The summed E-state index contributed by atoms with van der Waals surface area (Å²) in [6.45, 7) is 8.02. The molecule has 120 valence electrons. The van der Waals surface area contributed by atoms with Crippen molar-refractivity contribution in [2.45, 2.75) is 58.4 Å². The number of carbonyl (C=O) groups is 2. The lowest BCUT2D eigenvalue weighted by Gasteiger charge is -2.34. The topological polar surface area (TPSA) is 43.4 Å². The van der Waals surface area contributed by atoms with Crippen molar-refractivity contribution < 1.29 is 14.0 Å². The Bertz CT molecular complexity index is 542. The summed E-state index contributed by atoms with van der Waals surface area (Å²) in [5, 5.41) is 0. The SMILES string of the molecule is CC(=O)c1ccc(C(O[Si](C)(C)C)C2CCCCC2=O)cc1. The second-order valence-corrected chi connectivity index (χ2v) is 11.6. The molecular weight excluding hydrogens is 292 g/mol. The number of hydrogen-bond donors (Lipinski definition) is 0. The Morgan fingerprint density at radius 1 is 1.18 bits per heavy atom. The Morgan fingerprint density at radius 3 is 2.32 bits per heavy atom.